The first-order valence-electron chi connectivity index (χ1n) is 8.99. The zero-order valence-electron chi connectivity index (χ0n) is 14.8. The zero-order chi connectivity index (χ0) is 17.3. The first-order valence-corrected chi connectivity index (χ1v) is 8.99. The minimum absolute atomic E-state index is 0.0186. The van der Waals surface area contributed by atoms with Crippen LogP contribution in [-0.2, 0) is 0 Å². The number of carbonyl (C=O) groups excluding carboxylic acids is 1. The molecule has 0 saturated carbocycles. The highest BCUT2D eigenvalue weighted by Crippen LogP contribution is 2.49. The summed E-state index contributed by atoms with van der Waals surface area (Å²) in [6, 6.07) is 1.81. The number of ether oxygens (including phenoxy) is 4. The van der Waals surface area contributed by atoms with Crippen LogP contribution in [0.1, 0.15) is 63.7 Å². The molecule has 2 aliphatic rings. The number of fused-ring (bicyclic) bond motifs is 2. The third kappa shape index (κ3) is 2.70. The first-order chi connectivity index (χ1) is 11.7. The number of carbonyl (C=O) groups is 1. The smallest absolute Gasteiger partial charge is 0.176 e. The van der Waals surface area contributed by atoms with Crippen LogP contribution in [0.5, 0.6) is 23.0 Å². The summed E-state index contributed by atoms with van der Waals surface area (Å²) in [5.74, 6) is 2.10. The summed E-state index contributed by atoms with van der Waals surface area (Å²) < 4.78 is 24.4. The van der Waals surface area contributed by atoms with Gasteiger partial charge in [0.15, 0.2) is 29.3 Å². The number of hydrogen-bond donors (Lipinski definition) is 0. The van der Waals surface area contributed by atoms with E-state index in [9.17, 15) is 4.79 Å². The maximum absolute atomic E-state index is 11.8. The molecule has 0 spiro atoms. The molecule has 3 rings (SSSR count). The van der Waals surface area contributed by atoms with Gasteiger partial charge in [-0.3, -0.25) is 4.79 Å². The highest BCUT2D eigenvalue weighted by atomic mass is 16.6. The Morgan fingerprint density at radius 2 is 1.12 bits per heavy atom. The molecule has 24 heavy (non-hydrogen) atoms. The van der Waals surface area contributed by atoms with E-state index in [0.717, 1.165) is 32.0 Å². The Bertz CT molecular complexity index is 566. The van der Waals surface area contributed by atoms with E-state index in [1.807, 2.05) is 0 Å². The van der Waals surface area contributed by atoms with Gasteiger partial charge in [0.05, 0.1) is 0 Å². The Morgan fingerprint density at radius 1 is 0.750 bits per heavy atom. The van der Waals surface area contributed by atoms with Gasteiger partial charge in [-0.1, -0.05) is 27.7 Å². The molecular formula is C19H26O5. The largest absolute Gasteiger partial charge is 0.483 e. The van der Waals surface area contributed by atoms with E-state index in [0.29, 0.717) is 28.6 Å². The van der Waals surface area contributed by atoms with Gasteiger partial charge in [0.1, 0.15) is 30.0 Å². The number of rotatable bonds is 5. The molecule has 1 aromatic rings. The summed E-state index contributed by atoms with van der Waals surface area (Å²) in [6.07, 6.45) is 3.95. The lowest BCUT2D eigenvalue weighted by atomic mass is 10.0. The van der Waals surface area contributed by atoms with Crippen molar-refractivity contribution < 1.29 is 23.7 Å². The third-order valence-corrected chi connectivity index (χ3v) is 4.85. The van der Waals surface area contributed by atoms with Crippen molar-refractivity contribution in [2.75, 3.05) is 0 Å². The van der Waals surface area contributed by atoms with Crippen LogP contribution in [-0.4, -0.2) is 30.7 Å². The average molecular weight is 334 g/mol. The first kappa shape index (κ1) is 16.9. The summed E-state index contributed by atoms with van der Waals surface area (Å²) in [5, 5.41) is 0. The van der Waals surface area contributed by atoms with Gasteiger partial charge in [0.25, 0.3) is 0 Å². The summed E-state index contributed by atoms with van der Waals surface area (Å²) in [5.41, 5.74) is 0.392. The van der Waals surface area contributed by atoms with Gasteiger partial charge in [-0.25, -0.2) is 0 Å². The van der Waals surface area contributed by atoms with Crippen molar-refractivity contribution in [1.82, 2.24) is 0 Å². The SMILES string of the molecule is CC[C@H]1Oc2cc3c(c(C=O)c2O[C@@H]1CC)O[C@H](CC)[C@@H](CC)O3. The predicted molar refractivity (Wildman–Crippen MR) is 90.7 cm³/mol. The van der Waals surface area contributed by atoms with Crippen molar-refractivity contribution in [3.63, 3.8) is 0 Å². The van der Waals surface area contributed by atoms with E-state index in [4.69, 9.17) is 18.9 Å². The van der Waals surface area contributed by atoms with Crippen LogP contribution in [0.15, 0.2) is 6.07 Å². The quantitative estimate of drug-likeness (QED) is 0.757. The molecule has 0 aliphatic carbocycles. The second-order valence-electron chi connectivity index (χ2n) is 6.32. The number of benzene rings is 1. The van der Waals surface area contributed by atoms with Crippen LogP contribution >= 0.6 is 0 Å². The Morgan fingerprint density at radius 3 is 1.46 bits per heavy atom. The molecule has 0 N–H and O–H groups in total. The molecule has 5 nitrogen and oxygen atoms in total. The van der Waals surface area contributed by atoms with E-state index in [1.165, 1.54) is 0 Å². The second-order valence-corrected chi connectivity index (χ2v) is 6.32. The molecule has 0 unspecified atom stereocenters. The normalized spacial score (nSPS) is 27.7. The number of aldehydes is 1. The fourth-order valence-corrected chi connectivity index (χ4v) is 3.46. The highest BCUT2D eigenvalue weighted by molar-refractivity contribution is 5.88. The topological polar surface area (TPSA) is 54.0 Å². The Kier molecular flexibility index (Phi) is 4.88. The fraction of sp³-hybridized carbons (Fsp3) is 0.632. The highest BCUT2D eigenvalue weighted by Gasteiger charge is 2.37. The zero-order valence-corrected chi connectivity index (χ0v) is 14.8. The molecule has 0 amide bonds. The predicted octanol–water partition coefficient (Wildman–Crippen LogP) is 4.16. The van der Waals surface area contributed by atoms with E-state index >= 15 is 0 Å². The molecule has 4 atom stereocenters. The van der Waals surface area contributed by atoms with Crippen molar-refractivity contribution in [2.45, 2.75) is 77.8 Å². The minimum Gasteiger partial charge on any atom is -0.483 e. The molecule has 0 bridgehead atoms. The van der Waals surface area contributed by atoms with Crippen LogP contribution in [0, 0.1) is 0 Å². The Balaban J connectivity index is 2.06. The molecule has 0 fully saturated rings. The van der Waals surface area contributed by atoms with Gasteiger partial charge < -0.3 is 18.9 Å². The van der Waals surface area contributed by atoms with Crippen LogP contribution in [0.25, 0.3) is 0 Å². The van der Waals surface area contributed by atoms with Crippen molar-refractivity contribution in [1.29, 1.82) is 0 Å². The van der Waals surface area contributed by atoms with Crippen molar-refractivity contribution in [2.24, 2.45) is 0 Å². The van der Waals surface area contributed by atoms with Crippen LogP contribution in [0.4, 0.5) is 0 Å². The molecule has 0 aromatic heterocycles. The fourth-order valence-electron chi connectivity index (χ4n) is 3.46. The maximum atomic E-state index is 11.8. The molecule has 0 saturated heterocycles. The van der Waals surface area contributed by atoms with E-state index < -0.39 is 0 Å². The molecule has 132 valence electrons. The van der Waals surface area contributed by atoms with Gasteiger partial charge in [-0.15, -0.1) is 0 Å². The average Bonchev–Trinajstić information content (AvgIpc) is 2.63. The standard InChI is InChI=1S/C19H26O5/c1-5-12-14(7-3)23-18-11(10-20)19-17(9-16(18)21-12)22-13(6-2)15(8-4)24-19/h9-10,12-15H,5-8H2,1-4H3/t12-,13-,14-,15-/m1/s1. The summed E-state index contributed by atoms with van der Waals surface area (Å²) >= 11 is 0. The molecule has 5 heteroatoms. The van der Waals surface area contributed by atoms with E-state index in [2.05, 4.69) is 27.7 Å². The molecular weight excluding hydrogens is 308 g/mol. The molecule has 2 heterocycles. The van der Waals surface area contributed by atoms with Gasteiger partial charge in [-0.2, -0.15) is 0 Å². The van der Waals surface area contributed by atoms with Gasteiger partial charge in [0, 0.05) is 6.07 Å². The van der Waals surface area contributed by atoms with Crippen LogP contribution in [0.2, 0.25) is 0 Å². The minimum atomic E-state index is -0.0610. The second kappa shape index (κ2) is 6.91. The van der Waals surface area contributed by atoms with Gasteiger partial charge in [-0.05, 0) is 25.7 Å². The monoisotopic (exact) mass is 334 g/mol. The molecule has 1 aromatic carbocycles. The van der Waals surface area contributed by atoms with Gasteiger partial charge >= 0.3 is 0 Å². The summed E-state index contributed by atoms with van der Waals surface area (Å²) in [4.78, 5) is 11.8. The summed E-state index contributed by atoms with van der Waals surface area (Å²) in [6.45, 7) is 8.25. The maximum Gasteiger partial charge on any atom is 0.176 e. The Labute approximate surface area is 143 Å². The lowest BCUT2D eigenvalue weighted by Crippen LogP contribution is -2.41. The van der Waals surface area contributed by atoms with Gasteiger partial charge in [0.2, 0.25) is 0 Å². The van der Waals surface area contributed by atoms with Crippen LogP contribution in [0.3, 0.4) is 0 Å². The van der Waals surface area contributed by atoms with E-state index in [1.54, 1.807) is 6.07 Å². The lowest BCUT2D eigenvalue weighted by molar-refractivity contribution is 0.00340. The molecule has 0 radical (unpaired) electrons. The lowest BCUT2D eigenvalue weighted by Gasteiger charge is -2.37. The number of hydrogen-bond acceptors (Lipinski definition) is 5. The summed E-state index contributed by atoms with van der Waals surface area (Å²) in [7, 11) is 0. The van der Waals surface area contributed by atoms with E-state index in [-0.39, 0.29) is 24.4 Å². The third-order valence-electron chi connectivity index (χ3n) is 4.85. The van der Waals surface area contributed by atoms with Crippen molar-refractivity contribution in [3.8, 4) is 23.0 Å². The van der Waals surface area contributed by atoms with Crippen molar-refractivity contribution in [3.05, 3.63) is 11.6 Å². The molecule has 2 aliphatic heterocycles. The van der Waals surface area contributed by atoms with Crippen molar-refractivity contribution >= 4 is 6.29 Å². The Hall–Kier alpha value is -1.91. The van der Waals surface area contributed by atoms with Crippen LogP contribution < -0.4 is 18.9 Å².